The molecule has 0 bridgehead atoms. The van der Waals surface area contributed by atoms with Crippen LogP contribution in [0.1, 0.15) is 46.5 Å². The molecule has 1 fully saturated rings. The van der Waals surface area contributed by atoms with Crippen molar-refractivity contribution in [3.8, 4) is 0 Å². The molecule has 0 saturated heterocycles. The van der Waals surface area contributed by atoms with Crippen molar-refractivity contribution in [2.24, 2.45) is 5.73 Å². The number of nitrogens with two attached hydrogens (primary N) is 1. The highest BCUT2D eigenvalue weighted by molar-refractivity contribution is 5.67. The molecule has 1 aliphatic carbocycles. The Kier molecular flexibility index (Phi) is 5.88. The van der Waals surface area contributed by atoms with E-state index in [2.05, 4.69) is 10.6 Å². The lowest BCUT2D eigenvalue weighted by Crippen LogP contribution is -2.49. The SMILES string of the molecule is CC(C)(C)OC(=O)NCC(CN)NC1CCCC1. The zero-order valence-corrected chi connectivity index (χ0v) is 11.8. The first-order valence-corrected chi connectivity index (χ1v) is 6.83. The van der Waals surface area contributed by atoms with E-state index < -0.39 is 5.60 Å². The van der Waals surface area contributed by atoms with Gasteiger partial charge in [-0.1, -0.05) is 12.8 Å². The van der Waals surface area contributed by atoms with Crippen LogP contribution in [0.5, 0.6) is 0 Å². The van der Waals surface area contributed by atoms with Crippen molar-refractivity contribution in [3.63, 3.8) is 0 Å². The van der Waals surface area contributed by atoms with Crippen molar-refractivity contribution in [1.82, 2.24) is 10.6 Å². The number of carbonyl (C=O) groups is 1. The molecule has 0 heterocycles. The fourth-order valence-corrected chi connectivity index (χ4v) is 2.16. The lowest BCUT2D eigenvalue weighted by molar-refractivity contribution is 0.0522. The van der Waals surface area contributed by atoms with Crippen molar-refractivity contribution >= 4 is 6.09 Å². The number of hydrogen-bond acceptors (Lipinski definition) is 4. The van der Waals surface area contributed by atoms with Crippen LogP contribution in [0.4, 0.5) is 4.79 Å². The Balaban J connectivity index is 2.23. The topological polar surface area (TPSA) is 76.4 Å². The van der Waals surface area contributed by atoms with Gasteiger partial charge in [-0.25, -0.2) is 4.79 Å². The number of alkyl carbamates (subject to hydrolysis) is 1. The molecule has 5 nitrogen and oxygen atoms in total. The first-order chi connectivity index (χ1) is 8.40. The Morgan fingerprint density at radius 2 is 2.00 bits per heavy atom. The maximum absolute atomic E-state index is 11.5. The van der Waals surface area contributed by atoms with Gasteiger partial charge in [-0.05, 0) is 33.6 Å². The maximum atomic E-state index is 11.5. The molecule has 4 N–H and O–H groups in total. The average molecular weight is 257 g/mol. The van der Waals surface area contributed by atoms with Gasteiger partial charge in [-0.3, -0.25) is 0 Å². The molecule has 0 aliphatic heterocycles. The molecule has 0 spiro atoms. The summed E-state index contributed by atoms with van der Waals surface area (Å²) in [6.07, 6.45) is 4.61. The van der Waals surface area contributed by atoms with E-state index in [1.165, 1.54) is 25.7 Å². The van der Waals surface area contributed by atoms with E-state index in [9.17, 15) is 4.79 Å². The zero-order chi connectivity index (χ0) is 13.6. The summed E-state index contributed by atoms with van der Waals surface area (Å²) >= 11 is 0. The summed E-state index contributed by atoms with van der Waals surface area (Å²) in [7, 11) is 0. The number of ether oxygens (including phenoxy) is 1. The zero-order valence-electron chi connectivity index (χ0n) is 11.8. The van der Waals surface area contributed by atoms with Gasteiger partial charge in [-0.15, -0.1) is 0 Å². The predicted octanol–water partition coefficient (Wildman–Crippen LogP) is 1.37. The summed E-state index contributed by atoms with van der Waals surface area (Å²) < 4.78 is 5.18. The van der Waals surface area contributed by atoms with Crippen LogP contribution in [-0.4, -0.2) is 36.9 Å². The summed E-state index contributed by atoms with van der Waals surface area (Å²) in [6, 6.07) is 0.680. The van der Waals surface area contributed by atoms with Crippen molar-refractivity contribution in [2.75, 3.05) is 13.1 Å². The molecule has 18 heavy (non-hydrogen) atoms. The van der Waals surface area contributed by atoms with Crippen LogP contribution in [0, 0.1) is 0 Å². The highest BCUT2D eigenvalue weighted by atomic mass is 16.6. The fourth-order valence-electron chi connectivity index (χ4n) is 2.16. The van der Waals surface area contributed by atoms with E-state index in [0.717, 1.165) is 0 Å². The second-order valence-corrected chi connectivity index (χ2v) is 5.96. The maximum Gasteiger partial charge on any atom is 0.407 e. The lowest BCUT2D eigenvalue weighted by atomic mass is 10.2. The fraction of sp³-hybridized carbons (Fsp3) is 0.923. The van der Waals surface area contributed by atoms with Gasteiger partial charge >= 0.3 is 6.09 Å². The molecule has 106 valence electrons. The standard InChI is InChI=1S/C13H27N3O2/c1-13(2,3)18-12(17)15-9-11(8-14)16-10-6-4-5-7-10/h10-11,16H,4-9,14H2,1-3H3,(H,15,17). The van der Waals surface area contributed by atoms with Crippen molar-refractivity contribution < 1.29 is 9.53 Å². The van der Waals surface area contributed by atoms with Gasteiger partial charge in [0, 0.05) is 25.2 Å². The summed E-state index contributed by atoms with van der Waals surface area (Å²) in [5, 5.41) is 6.25. The monoisotopic (exact) mass is 257 g/mol. The van der Waals surface area contributed by atoms with Crippen LogP contribution in [0.15, 0.2) is 0 Å². The van der Waals surface area contributed by atoms with E-state index in [0.29, 0.717) is 19.1 Å². The summed E-state index contributed by atoms with van der Waals surface area (Å²) in [5.41, 5.74) is 5.25. The molecule has 0 aromatic carbocycles. The molecule has 1 unspecified atom stereocenters. The minimum Gasteiger partial charge on any atom is -0.444 e. The molecule has 0 aromatic rings. The van der Waals surface area contributed by atoms with Crippen molar-refractivity contribution in [2.45, 2.75) is 64.1 Å². The molecule has 1 rings (SSSR count). The summed E-state index contributed by atoms with van der Waals surface area (Å²) in [6.45, 7) is 6.59. The van der Waals surface area contributed by atoms with Crippen LogP contribution >= 0.6 is 0 Å². The van der Waals surface area contributed by atoms with Gasteiger partial charge in [0.05, 0.1) is 0 Å². The molecule has 1 amide bonds. The Morgan fingerprint density at radius 3 is 2.50 bits per heavy atom. The average Bonchev–Trinajstić information content (AvgIpc) is 2.74. The van der Waals surface area contributed by atoms with Crippen LogP contribution < -0.4 is 16.4 Å². The van der Waals surface area contributed by atoms with Gasteiger partial charge in [-0.2, -0.15) is 0 Å². The van der Waals surface area contributed by atoms with Gasteiger partial charge in [0.2, 0.25) is 0 Å². The smallest absolute Gasteiger partial charge is 0.407 e. The minimum atomic E-state index is -0.457. The Labute approximate surface area is 110 Å². The van der Waals surface area contributed by atoms with Gasteiger partial charge in [0.1, 0.15) is 5.60 Å². The number of hydrogen-bond donors (Lipinski definition) is 3. The molecule has 1 aliphatic rings. The Morgan fingerprint density at radius 1 is 1.39 bits per heavy atom. The van der Waals surface area contributed by atoms with Crippen LogP contribution in [0.25, 0.3) is 0 Å². The van der Waals surface area contributed by atoms with Gasteiger partial charge in [0.15, 0.2) is 0 Å². The third-order valence-electron chi connectivity index (χ3n) is 3.00. The third-order valence-corrected chi connectivity index (χ3v) is 3.00. The highest BCUT2D eigenvalue weighted by Gasteiger charge is 2.20. The molecular weight excluding hydrogens is 230 g/mol. The lowest BCUT2D eigenvalue weighted by Gasteiger charge is -2.24. The minimum absolute atomic E-state index is 0.126. The third kappa shape index (κ3) is 6.21. The Bertz CT molecular complexity index is 257. The molecule has 0 aromatic heterocycles. The second-order valence-electron chi connectivity index (χ2n) is 5.96. The van der Waals surface area contributed by atoms with Crippen LogP contribution in [0.2, 0.25) is 0 Å². The molecule has 1 atom stereocenters. The largest absolute Gasteiger partial charge is 0.444 e. The second kappa shape index (κ2) is 6.95. The van der Waals surface area contributed by atoms with Crippen LogP contribution in [-0.2, 0) is 4.74 Å². The van der Waals surface area contributed by atoms with Crippen molar-refractivity contribution in [1.29, 1.82) is 0 Å². The normalized spacial score (nSPS) is 18.7. The molecule has 1 saturated carbocycles. The quantitative estimate of drug-likeness (QED) is 0.695. The predicted molar refractivity (Wildman–Crippen MR) is 72.5 cm³/mol. The van der Waals surface area contributed by atoms with Crippen LogP contribution in [0.3, 0.4) is 0 Å². The van der Waals surface area contributed by atoms with E-state index in [4.69, 9.17) is 10.5 Å². The van der Waals surface area contributed by atoms with E-state index in [1.54, 1.807) is 0 Å². The molecule has 5 heteroatoms. The van der Waals surface area contributed by atoms with E-state index in [-0.39, 0.29) is 12.1 Å². The molecule has 0 radical (unpaired) electrons. The number of rotatable bonds is 5. The number of carbonyl (C=O) groups excluding carboxylic acids is 1. The molecular formula is C13H27N3O2. The van der Waals surface area contributed by atoms with Gasteiger partial charge in [0.25, 0.3) is 0 Å². The Hall–Kier alpha value is -0.810. The van der Waals surface area contributed by atoms with E-state index in [1.807, 2.05) is 20.8 Å². The first kappa shape index (κ1) is 15.2. The first-order valence-electron chi connectivity index (χ1n) is 6.83. The number of nitrogens with one attached hydrogen (secondary N) is 2. The highest BCUT2D eigenvalue weighted by Crippen LogP contribution is 2.17. The van der Waals surface area contributed by atoms with Crippen molar-refractivity contribution in [3.05, 3.63) is 0 Å². The summed E-state index contributed by atoms with van der Waals surface area (Å²) in [4.78, 5) is 11.5. The number of amides is 1. The van der Waals surface area contributed by atoms with Gasteiger partial charge < -0.3 is 21.1 Å². The van der Waals surface area contributed by atoms with E-state index >= 15 is 0 Å². The summed E-state index contributed by atoms with van der Waals surface area (Å²) in [5.74, 6) is 0.